The Morgan fingerprint density at radius 3 is 2.74 bits per heavy atom. The summed E-state index contributed by atoms with van der Waals surface area (Å²) in [6.07, 6.45) is 5.13. The lowest BCUT2D eigenvalue weighted by Gasteiger charge is -2.46. The van der Waals surface area contributed by atoms with Gasteiger partial charge in [-0.2, -0.15) is 0 Å². The van der Waals surface area contributed by atoms with Crippen molar-refractivity contribution in [2.75, 3.05) is 6.61 Å². The lowest BCUT2D eigenvalue weighted by molar-refractivity contribution is -0.671. The first-order valence-electron chi connectivity index (χ1n) is 10.1. The number of aromatic nitrogens is 2. The quantitative estimate of drug-likeness (QED) is 0.317. The highest BCUT2D eigenvalue weighted by atomic mass is 127. The van der Waals surface area contributed by atoms with E-state index in [4.69, 9.17) is 4.74 Å². The number of carbonyl (C=O) groups excluding carboxylic acids is 1. The zero-order valence-corrected chi connectivity index (χ0v) is 19.7. The van der Waals surface area contributed by atoms with Gasteiger partial charge in [-0.3, -0.25) is 4.79 Å². The summed E-state index contributed by atoms with van der Waals surface area (Å²) < 4.78 is 11.0. The third-order valence-electron chi connectivity index (χ3n) is 6.09. The van der Waals surface area contributed by atoms with Gasteiger partial charge in [-0.1, -0.05) is 13.0 Å². The van der Waals surface area contributed by atoms with Crippen molar-refractivity contribution in [3.8, 4) is 5.75 Å². The number of hydrogen-bond acceptors (Lipinski definition) is 4. The molecule has 164 valence electrons. The van der Waals surface area contributed by atoms with Gasteiger partial charge in [-0.25, -0.2) is 13.9 Å². The summed E-state index contributed by atoms with van der Waals surface area (Å²) in [6, 6.07) is 5.63. The first-order chi connectivity index (χ1) is 14.7. The van der Waals surface area contributed by atoms with E-state index in [1.54, 1.807) is 6.92 Å². The van der Waals surface area contributed by atoms with E-state index in [9.17, 15) is 19.8 Å². The second kappa shape index (κ2) is 8.27. The zero-order valence-electron chi connectivity index (χ0n) is 17.5. The molecule has 4 rings (SSSR count). The number of carboxylic acid groups (broad SMARTS) is 1. The monoisotopic (exact) mass is 538 g/mol. The van der Waals surface area contributed by atoms with Crippen LogP contribution in [0.1, 0.15) is 19.4 Å². The number of carboxylic acids is 1. The lowest BCUT2D eigenvalue weighted by Crippen LogP contribution is -2.63. The van der Waals surface area contributed by atoms with E-state index in [0.29, 0.717) is 17.9 Å². The van der Waals surface area contributed by atoms with E-state index in [2.05, 4.69) is 27.2 Å². The molecule has 1 fully saturated rings. The highest BCUT2D eigenvalue weighted by Crippen LogP contribution is 2.47. The number of carbonyl (C=O) groups is 2. The molecule has 0 aliphatic carbocycles. The van der Waals surface area contributed by atoms with Crippen LogP contribution in [-0.2, 0) is 23.2 Å². The molecule has 2 N–H and O–H groups in total. The highest BCUT2D eigenvalue weighted by molar-refractivity contribution is 14.1. The molecule has 0 spiro atoms. The number of ether oxygens (including phenoxy) is 1. The van der Waals surface area contributed by atoms with Crippen LogP contribution in [0.15, 0.2) is 48.2 Å². The summed E-state index contributed by atoms with van der Waals surface area (Å²) >= 11 is 2.19. The third kappa shape index (κ3) is 3.84. The Morgan fingerprint density at radius 2 is 2.13 bits per heavy atom. The number of β-lactam (4-membered cyclic amide) rings is 1. The summed E-state index contributed by atoms with van der Waals surface area (Å²) in [5.74, 6) is -1.59. The predicted octanol–water partition coefficient (Wildman–Crippen LogP) is 1.54. The number of fused-ring (bicyclic) bond motifs is 1. The van der Waals surface area contributed by atoms with Gasteiger partial charge in [0, 0.05) is 11.5 Å². The van der Waals surface area contributed by atoms with Crippen molar-refractivity contribution in [2.24, 2.45) is 18.9 Å². The van der Waals surface area contributed by atoms with Crippen LogP contribution in [0.5, 0.6) is 5.75 Å². The molecular formula is C22H25IN3O5+. The van der Waals surface area contributed by atoms with Crippen molar-refractivity contribution >= 4 is 34.5 Å². The molecular weight excluding hydrogens is 513 g/mol. The molecule has 4 atom stereocenters. The van der Waals surface area contributed by atoms with Crippen molar-refractivity contribution in [3.05, 3.63) is 57.3 Å². The normalized spacial score (nSPS) is 23.6. The van der Waals surface area contributed by atoms with Crippen LogP contribution in [0.4, 0.5) is 0 Å². The second-order valence-electron chi connectivity index (χ2n) is 8.24. The average Bonchev–Trinajstić information content (AvgIpc) is 3.20. The molecule has 2 aliphatic heterocycles. The Labute approximate surface area is 193 Å². The molecule has 1 aromatic carbocycles. The van der Waals surface area contributed by atoms with Crippen LogP contribution in [0.25, 0.3) is 0 Å². The number of imidazole rings is 1. The van der Waals surface area contributed by atoms with Crippen LogP contribution in [0.3, 0.4) is 0 Å². The molecule has 0 bridgehead atoms. The SMILES string of the molecule is CC(O)[C@H]1C(=O)N2C(C(=O)O)=C(COc3cc(Cn4cc[n+](C)c4)ccc3I)C(C)[C@H]12. The van der Waals surface area contributed by atoms with E-state index in [-0.39, 0.29) is 30.2 Å². The standard InChI is InChI=1S/C22H24IN3O5/c1-12-15(20(22(29)30)26-19(12)18(13(2)27)21(26)28)10-31-17-8-14(4-5-16(17)23)9-25-7-6-24(3)11-25/h4-8,11-13,18-19,27H,9-10H2,1-3H3/p+1/t12?,13?,18-,19-/m1/s1. The second-order valence-corrected chi connectivity index (χ2v) is 9.40. The molecule has 0 radical (unpaired) electrons. The summed E-state index contributed by atoms with van der Waals surface area (Å²) in [4.78, 5) is 25.7. The maximum absolute atomic E-state index is 12.5. The fraction of sp³-hybridized carbons (Fsp3) is 0.409. The minimum Gasteiger partial charge on any atom is -0.488 e. The Morgan fingerprint density at radius 1 is 1.39 bits per heavy atom. The first-order valence-corrected chi connectivity index (χ1v) is 11.2. The number of benzene rings is 1. The van der Waals surface area contributed by atoms with Gasteiger partial charge < -0.3 is 19.8 Å². The van der Waals surface area contributed by atoms with Gasteiger partial charge in [0.1, 0.15) is 37.0 Å². The maximum atomic E-state index is 12.5. The number of hydrogen-bond donors (Lipinski definition) is 2. The summed E-state index contributed by atoms with van der Waals surface area (Å²) in [5.41, 5.74) is 1.63. The van der Waals surface area contributed by atoms with Gasteiger partial charge in [0.05, 0.1) is 28.7 Å². The van der Waals surface area contributed by atoms with Crippen molar-refractivity contribution in [2.45, 2.75) is 32.5 Å². The summed E-state index contributed by atoms with van der Waals surface area (Å²) in [7, 11) is 1.96. The van der Waals surface area contributed by atoms with Gasteiger partial charge in [0.2, 0.25) is 12.2 Å². The van der Waals surface area contributed by atoms with Gasteiger partial charge in [0.15, 0.2) is 0 Å². The minimum absolute atomic E-state index is 0.00889. The van der Waals surface area contributed by atoms with Crippen molar-refractivity contribution in [3.63, 3.8) is 0 Å². The fourth-order valence-electron chi connectivity index (χ4n) is 4.55. The van der Waals surface area contributed by atoms with Crippen molar-refractivity contribution in [1.82, 2.24) is 9.47 Å². The maximum Gasteiger partial charge on any atom is 0.352 e. The Bertz CT molecular complexity index is 1080. The topological polar surface area (TPSA) is 95.9 Å². The van der Waals surface area contributed by atoms with Crippen molar-refractivity contribution in [1.29, 1.82) is 0 Å². The molecule has 3 heterocycles. The molecule has 1 aromatic heterocycles. The van der Waals surface area contributed by atoms with E-state index in [0.717, 1.165) is 9.13 Å². The largest absolute Gasteiger partial charge is 0.488 e. The molecule has 0 saturated carbocycles. The number of aryl methyl sites for hydroxylation is 1. The molecule has 1 amide bonds. The molecule has 9 heteroatoms. The van der Waals surface area contributed by atoms with Gasteiger partial charge in [-0.05, 0) is 47.2 Å². The van der Waals surface area contributed by atoms with E-state index in [1.807, 2.05) is 55.5 Å². The minimum atomic E-state index is -1.14. The van der Waals surface area contributed by atoms with Crippen LogP contribution in [0, 0.1) is 15.4 Å². The first kappa shape index (κ1) is 21.8. The number of halogens is 1. The van der Waals surface area contributed by atoms with Crippen molar-refractivity contribution < 1.29 is 29.1 Å². The van der Waals surface area contributed by atoms with Crippen LogP contribution >= 0.6 is 22.6 Å². The van der Waals surface area contributed by atoms with Crippen LogP contribution < -0.4 is 9.30 Å². The third-order valence-corrected chi connectivity index (χ3v) is 6.98. The number of aliphatic hydroxyl groups is 1. The van der Waals surface area contributed by atoms with Gasteiger partial charge >= 0.3 is 5.97 Å². The number of nitrogens with zero attached hydrogens (tertiary/aromatic N) is 3. The Hall–Kier alpha value is -2.40. The number of aliphatic carboxylic acids is 1. The Kier molecular flexibility index (Phi) is 5.82. The van der Waals surface area contributed by atoms with Crippen LogP contribution in [-0.4, -0.2) is 50.3 Å². The number of amides is 1. The lowest BCUT2D eigenvalue weighted by atomic mass is 9.78. The fourth-order valence-corrected chi connectivity index (χ4v) is 5.04. The molecule has 8 nitrogen and oxygen atoms in total. The number of rotatable bonds is 7. The molecule has 2 unspecified atom stereocenters. The van der Waals surface area contributed by atoms with Gasteiger partial charge in [-0.15, -0.1) is 0 Å². The predicted molar refractivity (Wildman–Crippen MR) is 119 cm³/mol. The van der Waals surface area contributed by atoms with Crippen LogP contribution in [0.2, 0.25) is 0 Å². The molecule has 2 aromatic rings. The van der Waals surface area contributed by atoms with E-state index in [1.165, 1.54) is 4.90 Å². The Balaban J connectivity index is 1.55. The molecule has 1 saturated heterocycles. The summed E-state index contributed by atoms with van der Waals surface area (Å²) in [5, 5.41) is 19.7. The molecule has 31 heavy (non-hydrogen) atoms. The van der Waals surface area contributed by atoms with E-state index < -0.39 is 18.0 Å². The highest BCUT2D eigenvalue weighted by Gasteiger charge is 2.59. The molecule has 2 aliphatic rings. The van der Waals surface area contributed by atoms with E-state index >= 15 is 0 Å². The smallest absolute Gasteiger partial charge is 0.352 e. The summed E-state index contributed by atoms with van der Waals surface area (Å²) in [6.45, 7) is 4.23. The number of aliphatic hydroxyl groups excluding tert-OH is 1. The zero-order chi connectivity index (χ0) is 22.4. The van der Waals surface area contributed by atoms with Gasteiger partial charge in [0.25, 0.3) is 0 Å². The average molecular weight is 538 g/mol.